The molecule has 0 aromatic carbocycles. The molecular weight excluding hydrogens is 166 g/mol. The number of aromatic nitrogens is 3. The van der Waals surface area contributed by atoms with Crippen LogP contribution in [0.25, 0.3) is 11.0 Å². The number of H-pyrrole nitrogens is 2. The second-order valence-corrected chi connectivity index (χ2v) is 2.52. The van der Waals surface area contributed by atoms with Crippen LogP contribution in [0, 0.1) is 0 Å². The van der Waals surface area contributed by atoms with Gasteiger partial charge in [-0.05, 0) is 6.07 Å². The minimum atomic E-state index is -0.182. The Morgan fingerprint density at radius 3 is 3.09 bits per heavy atom. The SMILES string of the molecule is O=c1[nH]cnc2[nH]c(Cl)cc12. The molecule has 2 aromatic rings. The smallest absolute Gasteiger partial charge is 0.260 e. The lowest BCUT2D eigenvalue weighted by molar-refractivity contribution is 1.16. The van der Waals surface area contributed by atoms with Crippen molar-refractivity contribution in [1.29, 1.82) is 0 Å². The molecule has 0 saturated heterocycles. The Kier molecular flexibility index (Phi) is 1.22. The van der Waals surface area contributed by atoms with Crippen molar-refractivity contribution in [2.75, 3.05) is 0 Å². The maximum Gasteiger partial charge on any atom is 0.260 e. The van der Waals surface area contributed by atoms with Crippen LogP contribution in [-0.4, -0.2) is 15.0 Å². The molecule has 0 aliphatic heterocycles. The van der Waals surface area contributed by atoms with Crippen LogP contribution in [0.15, 0.2) is 17.2 Å². The number of halogens is 1. The summed E-state index contributed by atoms with van der Waals surface area (Å²) >= 11 is 5.61. The second kappa shape index (κ2) is 2.10. The Morgan fingerprint density at radius 1 is 1.55 bits per heavy atom. The molecule has 0 amide bonds. The Bertz CT molecular complexity index is 444. The number of hydrogen-bond acceptors (Lipinski definition) is 2. The third kappa shape index (κ3) is 0.914. The van der Waals surface area contributed by atoms with Crippen molar-refractivity contribution in [2.24, 2.45) is 0 Å². The van der Waals surface area contributed by atoms with Crippen LogP contribution in [0.2, 0.25) is 5.15 Å². The van der Waals surface area contributed by atoms with E-state index in [1.165, 1.54) is 6.33 Å². The summed E-state index contributed by atoms with van der Waals surface area (Å²) in [5, 5.41) is 0.904. The highest BCUT2D eigenvalue weighted by Crippen LogP contribution is 2.11. The third-order valence-electron chi connectivity index (χ3n) is 1.40. The second-order valence-electron chi connectivity index (χ2n) is 2.11. The quantitative estimate of drug-likeness (QED) is 0.616. The number of nitrogens with zero attached hydrogens (tertiary/aromatic N) is 1. The average molecular weight is 170 g/mol. The molecule has 0 fully saturated rings. The molecule has 0 aliphatic rings. The molecule has 0 unspecified atom stereocenters. The first kappa shape index (κ1) is 6.42. The van der Waals surface area contributed by atoms with E-state index in [1.54, 1.807) is 6.07 Å². The Hall–Kier alpha value is -1.29. The number of aromatic amines is 2. The zero-order valence-electron chi connectivity index (χ0n) is 5.39. The molecule has 2 aromatic heterocycles. The normalized spacial score (nSPS) is 10.6. The molecule has 0 spiro atoms. The number of fused-ring (bicyclic) bond motifs is 1. The fraction of sp³-hybridized carbons (Fsp3) is 0. The molecule has 5 heteroatoms. The van der Waals surface area contributed by atoms with E-state index in [2.05, 4.69) is 15.0 Å². The number of nitrogens with one attached hydrogen (secondary N) is 2. The minimum Gasteiger partial charge on any atom is -0.330 e. The molecule has 0 aliphatic carbocycles. The molecule has 4 nitrogen and oxygen atoms in total. The average Bonchev–Trinajstić information content (AvgIpc) is 2.31. The summed E-state index contributed by atoms with van der Waals surface area (Å²) < 4.78 is 0. The first-order valence-corrected chi connectivity index (χ1v) is 3.37. The van der Waals surface area contributed by atoms with Gasteiger partial charge in [-0.3, -0.25) is 4.79 Å². The fourth-order valence-electron chi connectivity index (χ4n) is 0.920. The largest absolute Gasteiger partial charge is 0.330 e. The highest BCUT2D eigenvalue weighted by Gasteiger charge is 2.01. The number of hydrogen-bond donors (Lipinski definition) is 2. The van der Waals surface area contributed by atoms with Gasteiger partial charge >= 0.3 is 0 Å². The lowest BCUT2D eigenvalue weighted by Gasteiger charge is -1.83. The van der Waals surface area contributed by atoms with Crippen molar-refractivity contribution in [1.82, 2.24) is 15.0 Å². The van der Waals surface area contributed by atoms with E-state index in [9.17, 15) is 4.79 Å². The first-order valence-electron chi connectivity index (χ1n) is 2.99. The van der Waals surface area contributed by atoms with Gasteiger partial charge in [-0.2, -0.15) is 0 Å². The maximum atomic E-state index is 11.0. The van der Waals surface area contributed by atoms with Crippen LogP contribution >= 0.6 is 11.6 Å². The van der Waals surface area contributed by atoms with Gasteiger partial charge in [0.25, 0.3) is 5.56 Å². The topological polar surface area (TPSA) is 61.5 Å². The Morgan fingerprint density at radius 2 is 2.36 bits per heavy atom. The van der Waals surface area contributed by atoms with E-state index in [0.717, 1.165) is 0 Å². The highest BCUT2D eigenvalue weighted by atomic mass is 35.5. The van der Waals surface area contributed by atoms with Gasteiger partial charge in [-0.1, -0.05) is 11.6 Å². The molecule has 2 N–H and O–H groups in total. The summed E-state index contributed by atoms with van der Waals surface area (Å²) in [5.41, 5.74) is 0.330. The van der Waals surface area contributed by atoms with E-state index >= 15 is 0 Å². The van der Waals surface area contributed by atoms with E-state index in [4.69, 9.17) is 11.6 Å². The Balaban J connectivity index is 3.02. The van der Waals surface area contributed by atoms with Crippen LogP contribution < -0.4 is 5.56 Å². The molecule has 56 valence electrons. The predicted molar refractivity (Wildman–Crippen MR) is 41.7 cm³/mol. The summed E-state index contributed by atoms with van der Waals surface area (Å²) in [6.07, 6.45) is 1.33. The van der Waals surface area contributed by atoms with Crippen molar-refractivity contribution in [3.63, 3.8) is 0 Å². The van der Waals surface area contributed by atoms with E-state index in [-0.39, 0.29) is 5.56 Å². The van der Waals surface area contributed by atoms with Crippen molar-refractivity contribution < 1.29 is 0 Å². The van der Waals surface area contributed by atoms with Gasteiger partial charge in [0.05, 0.1) is 11.7 Å². The maximum absolute atomic E-state index is 11.0. The van der Waals surface area contributed by atoms with Gasteiger partial charge in [-0.25, -0.2) is 4.98 Å². The summed E-state index contributed by atoms with van der Waals surface area (Å²) in [6.45, 7) is 0. The van der Waals surface area contributed by atoms with Crippen LogP contribution in [0.5, 0.6) is 0 Å². The third-order valence-corrected chi connectivity index (χ3v) is 1.60. The van der Waals surface area contributed by atoms with Crippen molar-refractivity contribution in [3.8, 4) is 0 Å². The van der Waals surface area contributed by atoms with Crippen molar-refractivity contribution in [2.45, 2.75) is 0 Å². The zero-order valence-corrected chi connectivity index (χ0v) is 6.14. The molecule has 0 bridgehead atoms. The standard InChI is InChI=1S/C6H4ClN3O/c7-4-1-3-5(10-4)8-2-9-6(3)11/h1-2H,(H2,8,9,10,11). The molecule has 2 heterocycles. The van der Waals surface area contributed by atoms with E-state index in [1.807, 2.05) is 0 Å². The van der Waals surface area contributed by atoms with Crippen molar-refractivity contribution >= 4 is 22.6 Å². The zero-order chi connectivity index (χ0) is 7.84. The van der Waals surface area contributed by atoms with Gasteiger partial charge in [0.15, 0.2) is 0 Å². The van der Waals surface area contributed by atoms with Gasteiger partial charge in [0, 0.05) is 0 Å². The van der Waals surface area contributed by atoms with E-state index < -0.39 is 0 Å². The summed E-state index contributed by atoms with van der Waals surface area (Å²) in [7, 11) is 0. The van der Waals surface area contributed by atoms with Gasteiger partial charge in [0.1, 0.15) is 10.8 Å². The first-order chi connectivity index (χ1) is 5.27. The predicted octanol–water partition coefficient (Wildman–Crippen LogP) is 0.905. The Labute approximate surface area is 66.2 Å². The monoisotopic (exact) mass is 169 g/mol. The lowest BCUT2D eigenvalue weighted by Crippen LogP contribution is -2.04. The highest BCUT2D eigenvalue weighted by molar-refractivity contribution is 6.30. The lowest BCUT2D eigenvalue weighted by atomic mass is 10.4. The van der Waals surface area contributed by atoms with Gasteiger partial charge in [-0.15, -0.1) is 0 Å². The van der Waals surface area contributed by atoms with Crippen LogP contribution in [0.1, 0.15) is 0 Å². The molecular formula is C6H4ClN3O. The molecule has 0 saturated carbocycles. The molecule has 2 rings (SSSR count). The van der Waals surface area contributed by atoms with E-state index in [0.29, 0.717) is 16.2 Å². The summed E-state index contributed by atoms with van der Waals surface area (Å²) in [4.78, 5) is 20.1. The fourth-order valence-corrected chi connectivity index (χ4v) is 1.12. The summed E-state index contributed by atoms with van der Waals surface area (Å²) in [5.74, 6) is 0. The molecule has 0 atom stereocenters. The molecule has 11 heavy (non-hydrogen) atoms. The number of rotatable bonds is 0. The van der Waals surface area contributed by atoms with Crippen LogP contribution in [0.3, 0.4) is 0 Å². The van der Waals surface area contributed by atoms with Gasteiger partial charge < -0.3 is 9.97 Å². The minimum absolute atomic E-state index is 0.182. The van der Waals surface area contributed by atoms with Gasteiger partial charge in [0.2, 0.25) is 0 Å². The van der Waals surface area contributed by atoms with Crippen LogP contribution in [0.4, 0.5) is 0 Å². The molecule has 0 radical (unpaired) electrons. The van der Waals surface area contributed by atoms with Crippen molar-refractivity contribution in [3.05, 3.63) is 27.9 Å². The van der Waals surface area contributed by atoms with Crippen LogP contribution in [-0.2, 0) is 0 Å². The summed E-state index contributed by atoms with van der Waals surface area (Å²) in [6, 6.07) is 1.54.